The Labute approximate surface area is 122 Å². The molecule has 4 heteroatoms. The van der Waals surface area contributed by atoms with Crippen molar-refractivity contribution in [3.05, 3.63) is 70.5 Å². The second-order valence-corrected chi connectivity index (χ2v) is 4.96. The van der Waals surface area contributed by atoms with Gasteiger partial charge in [0.2, 0.25) is 0 Å². The van der Waals surface area contributed by atoms with Gasteiger partial charge in [-0.15, -0.1) is 0 Å². The summed E-state index contributed by atoms with van der Waals surface area (Å²) in [4.78, 5) is 11.7. The topological polar surface area (TPSA) is 57.8 Å². The fourth-order valence-electron chi connectivity index (χ4n) is 2.39. The van der Waals surface area contributed by atoms with Crippen LogP contribution in [-0.2, 0) is 6.42 Å². The zero-order chi connectivity index (χ0) is 14.5. The van der Waals surface area contributed by atoms with Gasteiger partial charge in [0.1, 0.15) is 0 Å². The molecule has 1 heterocycles. The van der Waals surface area contributed by atoms with Gasteiger partial charge in [-0.25, -0.2) is 5.10 Å². The highest BCUT2D eigenvalue weighted by atomic mass is 16.1. The van der Waals surface area contributed by atoms with Crippen LogP contribution in [0.15, 0.2) is 59.4 Å². The fourth-order valence-corrected chi connectivity index (χ4v) is 2.39. The molecule has 0 spiro atoms. The summed E-state index contributed by atoms with van der Waals surface area (Å²) < 4.78 is 0. The number of aromatic nitrogens is 2. The molecule has 0 fully saturated rings. The molecule has 0 bridgehead atoms. The Bertz CT molecular complexity index is 781. The zero-order valence-corrected chi connectivity index (χ0v) is 11.7. The molecule has 2 aromatic carbocycles. The van der Waals surface area contributed by atoms with Gasteiger partial charge in [-0.2, -0.15) is 5.10 Å². The minimum Gasteiger partial charge on any atom is -0.368 e. The average molecular weight is 279 g/mol. The van der Waals surface area contributed by atoms with E-state index in [2.05, 4.69) is 39.8 Å². The van der Waals surface area contributed by atoms with E-state index >= 15 is 0 Å². The van der Waals surface area contributed by atoms with Crippen LogP contribution >= 0.6 is 0 Å². The second kappa shape index (κ2) is 6.22. The standard InChI is InChI=1S/C17H17N3O/c21-17-15-11-5-4-10-14(15)16(19-20-17)18-12-6-9-13-7-2-1-3-8-13/h1-5,7-8,10-11H,6,9,12H2,(H,18,19)(H,20,21). The van der Waals surface area contributed by atoms with E-state index in [0.29, 0.717) is 5.39 Å². The predicted octanol–water partition coefficient (Wildman–Crippen LogP) is 2.97. The number of aromatic amines is 1. The van der Waals surface area contributed by atoms with E-state index < -0.39 is 0 Å². The highest BCUT2D eigenvalue weighted by Gasteiger charge is 2.04. The molecule has 0 aliphatic rings. The van der Waals surface area contributed by atoms with Gasteiger partial charge in [0.25, 0.3) is 5.56 Å². The van der Waals surface area contributed by atoms with E-state index in [0.717, 1.165) is 30.6 Å². The molecule has 1 aromatic heterocycles. The van der Waals surface area contributed by atoms with Gasteiger partial charge in [0, 0.05) is 11.9 Å². The van der Waals surface area contributed by atoms with Gasteiger partial charge in [0.15, 0.2) is 5.82 Å². The van der Waals surface area contributed by atoms with Crippen molar-refractivity contribution in [2.75, 3.05) is 11.9 Å². The van der Waals surface area contributed by atoms with Crippen molar-refractivity contribution in [3.8, 4) is 0 Å². The van der Waals surface area contributed by atoms with E-state index in [-0.39, 0.29) is 5.56 Å². The molecule has 3 aromatic rings. The molecular weight excluding hydrogens is 262 g/mol. The first-order valence-corrected chi connectivity index (χ1v) is 7.10. The third-order valence-corrected chi connectivity index (χ3v) is 3.47. The number of fused-ring (bicyclic) bond motifs is 1. The van der Waals surface area contributed by atoms with Crippen molar-refractivity contribution >= 4 is 16.6 Å². The lowest BCUT2D eigenvalue weighted by Crippen LogP contribution is -2.13. The lowest BCUT2D eigenvalue weighted by atomic mass is 10.1. The maximum absolute atomic E-state index is 11.7. The smallest absolute Gasteiger partial charge is 0.272 e. The molecule has 0 saturated heterocycles. The molecule has 106 valence electrons. The number of H-pyrrole nitrogens is 1. The Balaban J connectivity index is 1.66. The molecule has 21 heavy (non-hydrogen) atoms. The van der Waals surface area contributed by atoms with Crippen LogP contribution in [-0.4, -0.2) is 16.7 Å². The molecule has 4 nitrogen and oxygen atoms in total. The van der Waals surface area contributed by atoms with E-state index in [1.54, 1.807) is 0 Å². The highest BCUT2D eigenvalue weighted by Crippen LogP contribution is 2.16. The first-order valence-electron chi connectivity index (χ1n) is 7.10. The van der Waals surface area contributed by atoms with Gasteiger partial charge in [-0.3, -0.25) is 4.79 Å². The quantitative estimate of drug-likeness (QED) is 0.706. The number of anilines is 1. The monoisotopic (exact) mass is 279 g/mol. The zero-order valence-electron chi connectivity index (χ0n) is 11.7. The highest BCUT2D eigenvalue weighted by molar-refractivity contribution is 5.90. The third kappa shape index (κ3) is 3.11. The molecule has 0 aliphatic carbocycles. The molecule has 3 rings (SSSR count). The summed E-state index contributed by atoms with van der Waals surface area (Å²) in [7, 11) is 0. The van der Waals surface area contributed by atoms with Crippen molar-refractivity contribution in [2.24, 2.45) is 0 Å². The summed E-state index contributed by atoms with van der Waals surface area (Å²) in [5, 5.41) is 11.5. The Morgan fingerprint density at radius 2 is 1.67 bits per heavy atom. The SMILES string of the molecule is O=c1[nH]nc(NCCCc2ccccc2)c2ccccc12. The Morgan fingerprint density at radius 3 is 2.48 bits per heavy atom. The Hall–Kier alpha value is -2.62. The predicted molar refractivity (Wildman–Crippen MR) is 85.6 cm³/mol. The molecule has 0 saturated carbocycles. The summed E-state index contributed by atoms with van der Waals surface area (Å²) in [6, 6.07) is 17.9. The number of hydrogen-bond donors (Lipinski definition) is 2. The van der Waals surface area contributed by atoms with Gasteiger partial charge >= 0.3 is 0 Å². The van der Waals surface area contributed by atoms with E-state index in [1.165, 1.54) is 5.56 Å². The minimum atomic E-state index is -0.152. The number of nitrogens with zero attached hydrogens (tertiary/aromatic N) is 1. The summed E-state index contributed by atoms with van der Waals surface area (Å²) >= 11 is 0. The number of nitrogens with one attached hydrogen (secondary N) is 2. The summed E-state index contributed by atoms with van der Waals surface area (Å²) in [6.45, 7) is 0.817. The number of rotatable bonds is 5. The van der Waals surface area contributed by atoms with Crippen LogP contribution in [0.25, 0.3) is 10.8 Å². The molecule has 0 atom stereocenters. The van der Waals surface area contributed by atoms with Crippen LogP contribution in [0.4, 0.5) is 5.82 Å². The number of benzene rings is 2. The number of aryl methyl sites for hydroxylation is 1. The van der Waals surface area contributed by atoms with Gasteiger partial charge in [0.05, 0.1) is 5.39 Å². The second-order valence-electron chi connectivity index (χ2n) is 4.96. The van der Waals surface area contributed by atoms with Gasteiger partial charge in [-0.1, -0.05) is 48.5 Å². The van der Waals surface area contributed by atoms with Crippen LogP contribution in [0.5, 0.6) is 0 Å². The number of hydrogen-bond acceptors (Lipinski definition) is 3. The summed E-state index contributed by atoms with van der Waals surface area (Å²) in [5.41, 5.74) is 1.18. The maximum Gasteiger partial charge on any atom is 0.272 e. The minimum absolute atomic E-state index is 0.152. The largest absolute Gasteiger partial charge is 0.368 e. The molecule has 2 N–H and O–H groups in total. The van der Waals surface area contributed by atoms with Crippen LogP contribution in [0.3, 0.4) is 0 Å². The van der Waals surface area contributed by atoms with E-state index in [4.69, 9.17) is 0 Å². The van der Waals surface area contributed by atoms with Gasteiger partial charge < -0.3 is 5.32 Å². The van der Waals surface area contributed by atoms with Crippen LogP contribution < -0.4 is 10.9 Å². The van der Waals surface area contributed by atoms with Crippen molar-refractivity contribution in [1.82, 2.24) is 10.2 Å². The molecule has 0 aliphatic heterocycles. The normalized spacial score (nSPS) is 10.7. The van der Waals surface area contributed by atoms with E-state index in [9.17, 15) is 4.79 Å². The van der Waals surface area contributed by atoms with Gasteiger partial charge in [-0.05, 0) is 24.5 Å². The van der Waals surface area contributed by atoms with Crippen LogP contribution in [0, 0.1) is 0 Å². The van der Waals surface area contributed by atoms with Crippen molar-refractivity contribution in [1.29, 1.82) is 0 Å². The van der Waals surface area contributed by atoms with Crippen molar-refractivity contribution in [2.45, 2.75) is 12.8 Å². The lowest BCUT2D eigenvalue weighted by molar-refractivity contribution is 0.854. The molecule has 0 radical (unpaired) electrons. The third-order valence-electron chi connectivity index (χ3n) is 3.47. The first-order chi connectivity index (χ1) is 10.3. The summed E-state index contributed by atoms with van der Waals surface area (Å²) in [5.74, 6) is 0.735. The van der Waals surface area contributed by atoms with Crippen LogP contribution in [0.1, 0.15) is 12.0 Å². The Morgan fingerprint density at radius 1 is 0.952 bits per heavy atom. The summed E-state index contributed by atoms with van der Waals surface area (Å²) in [6.07, 6.45) is 2.04. The first kappa shape index (κ1) is 13.4. The van der Waals surface area contributed by atoms with Crippen molar-refractivity contribution in [3.63, 3.8) is 0 Å². The lowest BCUT2D eigenvalue weighted by Gasteiger charge is -2.08. The van der Waals surface area contributed by atoms with Crippen molar-refractivity contribution < 1.29 is 0 Å². The Kier molecular flexibility index (Phi) is 3.96. The maximum atomic E-state index is 11.7. The van der Waals surface area contributed by atoms with E-state index in [1.807, 2.05) is 30.3 Å². The molecular formula is C17H17N3O. The van der Waals surface area contributed by atoms with Crippen LogP contribution in [0.2, 0.25) is 0 Å². The molecule has 0 unspecified atom stereocenters. The average Bonchev–Trinajstić information content (AvgIpc) is 2.55. The molecule has 0 amide bonds. The fraction of sp³-hybridized carbons (Fsp3) is 0.176.